The zero-order chi connectivity index (χ0) is 14.2. The average Bonchev–Trinajstić information content (AvgIpc) is 2.70. The van der Waals surface area contributed by atoms with Crippen molar-refractivity contribution in [3.8, 4) is 17.0 Å². The highest BCUT2D eigenvalue weighted by atomic mass is 32.2. The number of hydrogen-bond donors (Lipinski definition) is 4. The topological polar surface area (TPSA) is 141 Å². The van der Waals surface area contributed by atoms with Crippen LogP contribution in [0.3, 0.4) is 0 Å². The molecule has 4 N–H and O–H groups in total. The molecule has 2 aromatic rings. The van der Waals surface area contributed by atoms with Crippen LogP contribution in [0.1, 0.15) is 10.5 Å². The fourth-order valence-corrected chi connectivity index (χ4v) is 2.34. The minimum Gasteiger partial charge on any atom is -0.493 e. The first-order chi connectivity index (χ1) is 8.82. The maximum absolute atomic E-state index is 11.2. The Morgan fingerprint density at radius 2 is 1.89 bits per heavy atom. The third kappa shape index (κ3) is 2.28. The summed E-state index contributed by atoms with van der Waals surface area (Å²) in [5.41, 5.74) is -1.01. The van der Waals surface area contributed by atoms with Crippen molar-refractivity contribution in [2.45, 2.75) is 4.90 Å². The summed E-state index contributed by atoms with van der Waals surface area (Å²) >= 11 is 0. The third-order valence-corrected chi connectivity index (χ3v) is 3.30. The molecule has 0 saturated heterocycles. The molecule has 1 heterocycles. The first-order valence-electron chi connectivity index (χ1n) is 4.90. The summed E-state index contributed by atoms with van der Waals surface area (Å²) in [5.74, 6) is -2.05. The van der Waals surface area contributed by atoms with E-state index < -0.39 is 32.6 Å². The SMILES string of the molecule is O=C(O)c1n[nH]c(O)c1-c1ccccc1S(=O)(=O)O. The summed E-state index contributed by atoms with van der Waals surface area (Å²) in [5, 5.41) is 23.9. The molecule has 2 rings (SSSR count). The second-order valence-electron chi connectivity index (χ2n) is 3.57. The normalized spacial score (nSPS) is 11.4. The molecule has 1 aromatic heterocycles. The van der Waals surface area contributed by atoms with E-state index in [9.17, 15) is 18.3 Å². The van der Waals surface area contributed by atoms with Gasteiger partial charge in [-0.3, -0.25) is 4.55 Å². The fraction of sp³-hybridized carbons (Fsp3) is 0. The smallest absolute Gasteiger partial charge is 0.357 e. The van der Waals surface area contributed by atoms with Crippen LogP contribution in [0.2, 0.25) is 0 Å². The van der Waals surface area contributed by atoms with Crippen molar-refractivity contribution < 1.29 is 28.0 Å². The Bertz CT molecular complexity index is 749. The van der Waals surface area contributed by atoms with Crippen LogP contribution >= 0.6 is 0 Å². The third-order valence-electron chi connectivity index (χ3n) is 2.38. The highest BCUT2D eigenvalue weighted by Crippen LogP contribution is 2.34. The van der Waals surface area contributed by atoms with Crippen LogP contribution in [0.15, 0.2) is 29.2 Å². The molecular weight excluding hydrogens is 276 g/mol. The Labute approximate surface area is 107 Å². The van der Waals surface area contributed by atoms with E-state index >= 15 is 0 Å². The van der Waals surface area contributed by atoms with Gasteiger partial charge < -0.3 is 10.2 Å². The molecule has 0 radical (unpaired) electrons. The summed E-state index contributed by atoms with van der Waals surface area (Å²) in [6, 6.07) is 5.12. The van der Waals surface area contributed by atoms with E-state index in [4.69, 9.17) is 9.66 Å². The Balaban J connectivity index is 2.81. The number of benzene rings is 1. The Morgan fingerprint density at radius 1 is 1.26 bits per heavy atom. The number of carboxylic acid groups (broad SMARTS) is 1. The zero-order valence-electron chi connectivity index (χ0n) is 9.23. The lowest BCUT2D eigenvalue weighted by Gasteiger charge is -2.06. The van der Waals surface area contributed by atoms with Gasteiger partial charge in [-0.2, -0.15) is 13.5 Å². The van der Waals surface area contributed by atoms with Crippen molar-refractivity contribution in [3.63, 3.8) is 0 Å². The van der Waals surface area contributed by atoms with E-state index in [-0.39, 0.29) is 11.1 Å². The van der Waals surface area contributed by atoms with E-state index in [0.717, 1.165) is 6.07 Å². The van der Waals surface area contributed by atoms with Crippen LogP contribution in [-0.2, 0) is 10.1 Å². The molecule has 100 valence electrons. The van der Waals surface area contributed by atoms with Crippen LogP contribution in [0.5, 0.6) is 5.88 Å². The van der Waals surface area contributed by atoms with Gasteiger partial charge in [0.05, 0.1) is 5.56 Å². The Kier molecular flexibility index (Phi) is 3.00. The van der Waals surface area contributed by atoms with E-state index in [1.807, 2.05) is 5.10 Å². The van der Waals surface area contributed by atoms with Crippen molar-refractivity contribution in [3.05, 3.63) is 30.0 Å². The molecule has 0 aliphatic carbocycles. The summed E-state index contributed by atoms with van der Waals surface area (Å²) in [4.78, 5) is 10.4. The Hall–Kier alpha value is -2.39. The van der Waals surface area contributed by atoms with Crippen molar-refractivity contribution in [1.29, 1.82) is 0 Å². The summed E-state index contributed by atoms with van der Waals surface area (Å²) < 4.78 is 31.6. The number of aromatic amines is 1. The number of carboxylic acids is 1. The molecular formula is C10H8N2O6S. The molecule has 0 aliphatic heterocycles. The predicted octanol–water partition coefficient (Wildman–Crippen LogP) is 0.727. The second kappa shape index (κ2) is 4.37. The van der Waals surface area contributed by atoms with E-state index in [0.29, 0.717) is 0 Å². The lowest BCUT2D eigenvalue weighted by atomic mass is 10.1. The van der Waals surface area contributed by atoms with Gasteiger partial charge in [-0.25, -0.2) is 9.89 Å². The molecule has 8 nitrogen and oxygen atoms in total. The standard InChI is InChI=1S/C10H8N2O6S/c13-9-7(8(10(14)15)11-12-9)5-3-1-2-4-6(5)19(16,17)18/h1-4H,(H,14,15)(H2,11,12,13)(H,16,17,18). The first kappa shape index (κ1) is 13.1. The quantitative estimate of drug-likeness (QED) is 0.609. The highest BCUT2D eigenvalue weighted by Gasteiger charge is 2.25. The van der Waals surface area contributed by atoms with Gasteiger partial charge in [-0.05, 0) is 6.07 Å². The lowest BCUT2D eigenvalue weighted by molar-refractivity contribution is 0.0691. The molecule has 0 atom stereocenters. The highest BCUT2D eigenvalue weighted by molar-refractivity contribution is 7.86. The molecule has 19 heavy (non-hydrogen) atoms. The van der Waals surface area contributed by atoms with Crippen LogP contribution < -0.4 is 0 Å². The van der Waals surface area contributed by atoms with Crippen LogP contribution in [0.4, 0.5) is 0 Å². The van der Waals surface area contributed by atoms with Crippen molar-refractivity contribution in [2.75, 3.05) is 0 Å². The number of hydrogen-bond acceptors (Lipinski definition) is 5. The maximum Gasteiger partial charge on any atom is 0.357 e. The number of aromatic carboxylic acids is 1. The molecule has 0 amide bonds. The van der Waals surface area contributed by atoms with Gasteiger partial charge in [0.2, 0.25) is 5.88 Å². The lowest BCUT2D eigenvalue weighted by Crippen LogP contribution is -2.03. The predicted molar refractivity (Wildman–Crippen MR) is 62.5 cm³/mol. The minimum absolute atomic E-state index is 0.159. The van der Waals surface area contributed by atoms with E-state index in [1.165, 1.54) is 18.2 Å². The number of nitrogens with zero attached hydrogens (tertiary/aromatic N) is 1. The monoisotopic (exact) mass is 284 g/mol. The molecule has 0 saturated carbocycles. The second-order valence-corrected chi connectivity index (χ2v) is 4.96. The number of nitrogens with one attached hydrogen (secondary N) is 1. The van der Waals surface area contributed by atoms with Crippen molar-refractivity contribution in [2.24, 2.45) is 0 Å². The fourth-order valence-electron chi connectivity index (χ4n) is 1.64. The van der Waals surface area contributed by atoms with E-state index in [1.54, 1.807) is 0 Å². The molecule has 0 bridgehead atoms. The Morgan fingerprint density at radius 3 is 2.47 bits per heavy atom. The molecule has 1 aromatic carbocycles. The number of carbonyl (C=O) groups is 1. The molecule has 9 heteroatoms. The van der Waals surface area contributed by atoms with Crippen LogP contribution in [-0.4, -0.2) is 39.4 Å². The molecule has 0 aliphatic rings. The van der Waals surface area contributed by atoms with Crippen LogP contribution in [0.25, 0.3) is 11.1 Å². The largest absolute Gasteiger partial charge is 0.493 e. The average molecular weight is 284 g/mol. The van der Waals surface area contributed by atoms with Gasteiger partial charge in [0.15, 0.2) is 5.69 Å². The zero-order valence-corrected chi connectivity index (χ0v) is 10.0. The van der Waals surface area contributed by atoms with E-state index in [2.05, 4.69) is 5.10 Å². The van der Waals surface area contributed by atoms with Crippen molar-refractivity contribution >= 4 is 16.1 Å². The van der Waals surface area contributed by atoms with Crippen LogP contribution in [0, 0.1) is 0 Å². The summed E-state index contributed by atoms with van der Waals surface area (Å²) in [6.45, 7) is 0. The number of H-pyrrole nitrogens is 1. The summed E-state index contributed by atoms with van der Waals surface area (Å²) in [6.07, 6.45) is 0. The van der Waals surface area contributed by atoms with Gasteiger partial charge in [0.1, 0.15) is 4.90 Å². The first-order valence-corrected chi connectivity index (χ1v) is 6.34. The molecule has 0 spiro atoms. The number of rotatable bonds is 3. The van der Waals surface area contributed by atoms with Gasteiger partial charge in [0, 0.05) is 5.56 Å². The summed E-state index contributed by atoms with van der Waals surface area (Å²) in [7, 11) is -4.56. The molecule has 0 unspecified atom stereocenters. The van der Waals surface area contributed by atoms with Gasteiger partial charge in [-0.15, -0.1) is 0 Å². The number of aromatic nitrogens is 2. The van der Waals surface area contributed by atoms with Gasteiger partial charge in [0.25, 0.3) is 10.1 Å². The maximum atomic E-state index is 11.2. The molecule has 0 fully saturated rings. The van der Waals surface area contributed by atoms with Gasteiger partial charge in [-0.1, -0.05) is 18.2 Å². The number of aromatic hydroxyl groups is 1. The van der Waals surface area contributed by atoms with Crippen molar-refractivity contribution in [1.82, 2.24) is 10.2 Å². The minimum atomic E-state index is -4.56. The van der Waals surface area contributed by atoms with Gasteiger partial charge >= 0.3 is 5.97 Å².